The van der Waals surface area contributed by atoms with Crippen LogP contribution in [0.2, 0.25) is 0 Å². The van der Waals surface area contributed by atoms with E-state index in [0.29, 0.717) is 24.6 Å². The van der Waals surface area contributed by atoms with Gasteiger partial charge in [0.15, 0.2) is 0 Å². The van der Waals surface area contributed by atoms with Crippen molar-refractivity contribution in [3.05, 3.63) is 0 Å². The molecule has 166 valence electrons. The van der Waals surface area contributed by atoms with E-state index in [-0.39, 0.29) is 13.2 Å². The predicted molar refractivity (Wildman–Crippen MR) is 112 cm³/mol. The Morgan fingerprint density at radius 1 is 0.759 bits per heavy atom. The Balaban J connectivity index is 0. The van der Waals surface area contributed by atoms with Gasteiger partial charge in [0.05, 0.1) is 13.2 Å². The standard InChI is InChI=1S/C12H20Cl2O5.C8H10O2/c13-7-3-1-5-9-17-11(15)19-12(16)18-10-6-2-4-8-14;1-7(9)5-3-4-6-8(2)10/h1-10H2;7-10H,1-2H3. The van der Waals surface area contributed by atoms with E-state index in [4.69, 9.17) is 33.4 Å². The fraction of sp³-hybridized carbons (Fsp3) is 0.700. The molecule has 0 aromatic carbocycles. The van der Waals surface area contributed by atoms with Crippen molar-refractivity contribution in [3.8, 4) is 23.7 Å². The minimum absolute atomic E-state index is 0.207. The molecule has 0 aliphatic rings. The summed E-state index contributed by atoms with van der Waals surface area (Å²) in [7, 11) is 0. The lowest BCUT2D eigenvalue weighted by atomic mass is 10.3. The minimum Gasteiger partial charge on any atom is -0.434 e. The Hall–Kier alpha value is -1.64. The average Bonchev–Trinajstić information content (AvgIpc) is 2.65. The Labute approximate surface area is 183 Å². The Morgan fingerprint density at radius 3 is 1.45 bits per heavy atom. The van der Waals surface area contributed by atoms with Crippen LogP contribution in [0.4, 0.5) is 9.59 Å². The largest absolute Gasteiger partial charge is 0.518 e. The predicted octanol–water partition coefficient (Wildman–Crippen LogP) is 3.85. The van der Waals surface area contributed by atoms with Crippen LogP contribution in [-0.2, 0) is 14.2 Å². The zero-order valence-corrected chi connectivity index (χ0v) is 18.4. The summed E-state index contributed by atoms with van der Waals surface area (Å²) in [5.74, 6) is 10.8. The van der Waals surface area contributed by atoms with E-state index in [2.05, 4.69) is 37.9 Å². The van der Waals surface area contributed by atoms with Gasteiger partial charge in [0.1, 0.15) is 12.2 Å². The quantitative estimate of drug-likeness (QED) is 0.170. The summed E-state index contributed by atoms with van der Waals surface area (Å²) in [6, 6.07) is 0. The van der Waals surface area contributed by atoms with Crippen molar-refractivity contribution in [2.24, 2.45) is 0 Å². The topological polar surface area (TPSA) is 102 Å². The average molecular weight is 453 g/mol. The maximum Gasteiger partial charge on any atom is 0.518 e. The van der Waals surface area contributed by atoms with Crippen LogP contribution in [0.1, 0.15) is 52.4 Å². The van der Waals surface area contributed by atoms with Gasteiger partial charge in [-0.2, -0.15) is 0 Å². The first kappa shape index (κ1) is 29.6. The third-order valence-electron chi connectivity index (χ3n) is 2.79. The lowest BCUT2D eigenvalue weighted by molar-refractivity contribution is 0.0354. The first-order valence-electron chi connectivity index (χ1n) is 9.34. The summed E-state index contributed by atoms with van der Waals surface area (Å²) in [5.41, 5.74) is 0. The highest BCUT2D eigenvalue weighted by molar-refractivity contribution is 6.18. The molecule has 0 saturated carbocycles. The van der Waals surface area contributed by atoms with E-state index in [9.17, 15) is 9.59 Å². The van der Waals surface area contributed by atoms with Gasteiger partial charge in [0.25, 0.3) is 0 Å². The van der Waals surface area contributed by atoms with Crippen molar-refractivity contribution in [1.82, 2.24) is 0 Å². The van der Waals surface area contributed by atoms with Crippen LogP contribution >= 0.6 is 23.2 Å². The van der Waals surface area contributed by atoms with Crippen molar-refractivity contribution >= 4 is 35.5 Å². The summed E-state index contributed by atoms with van der Waals surface area (Å²) in [4.78, 5) is 22.1. The molecule has 0 aliphatic heterocycles. The van der Waals surface area contributed by atoms with Crippen LogP contribution in [0.5, 0.6) is 0 Å². The third kappa shape index (κ3) is 28.7. The molecule has 0 amide bonds. The van der Waals surface area contributed by atoms with Gasteiger partial charge in [-0.05, 0) is 64.2 Å². The number of hydrogen-bond donors (Lipinski definition) is 2. The highest BCUT2D eigenvalue weighted by atomic mass is 35.5. The second kappa shape index (κ2) is 22.6. The first-order chi connectivity index (χ1) is 13.8. The van der Waals surface area contributed by atoms with Gasteiger partial charge in [-0.25, -0.2) is 9.59 Å². The molecule has 2 unspecified atom stereocenters. The maximum atomic E-state index is 11.0. The van der Waals surface area contributed by atoms with Gasteiger partial charge in [0.2, 0.25) is 0 Å². The fourth-order valence-electron chi connectivity index (χ4n) is 1.47. The Bertz CT molecular complexity index is 495. The first-order valence-corrected chi connectivity index (χ1v) is 10.4. The molecule has 0 aromatic heterocycles. The second-order valence-electron chi connectivity index (χ2n) is 5.69. The van der Waals surface area contributed by atoms with Crippen LogP contribution in [-0.4, -0.2) is 59.7 Å². The molecular weight excluding hydrogens is 423 g/mol. The summed E-state index contributed by atoms with van der Waals surface area (Å²) in [6.45, 7) is 3.52. The Morgan fingerprint density at radius 2 is 1.14 bits per heavy atom. The van der Waals surface area contributed by atoms with Gasteiger partial charge >= 0.3 is 12.3 Å². The van der Waals surface area contributed by atoms with E-state index in [1.54, 1.807) is 13.8 Å². The number of ether oxygens (including phenoxy) is 3. The Kier molecular flexibility index (Phi) is 23.1. The monoisotopic (exact) mass is 452 g/mol. The zero-order chi connectivity index (χ0) is 22.3. The number of carbonyl (C=O) groups is 2. The van der Waals surface area contributed by atoms with E-state index in [1.807, 2.05) is 0 Å². The van der Waals surface area contributed by atoms with Crippen molar-refractivity contribution in [2.75, 3.05) is 25.0 Å². The van der Waals surface area contributed by atoms with E-state index in [1.165, 1.54) is 0 Å². The summed E-state index contributed by atoms with van der Waals surface area (Å²) < 4.78 is 13.7. The van der Waals surface area contributed by atoms with Crippen LogP contribution < -0.4 is 0 Å². The highest BCUT2D eigenvalue weighted by Crippen LogP contribution is 2.01. The van der Waals surface area contributed by atoms with Crippen LogP contribution in [0, 0.1) is 23.7 Å². The van der Waals surface area contributed by atoms with Gasteiger partial charge in [0, 0.05) is 11.8 Å². The van der Waals surface area contributed by atoms with Crippen molar-refractivity contribution in [1.29, 1.82) is 0 Å². The third-order valence-corrected chi connectivity index (χ3v) is 3.32. The van der Waals surface area contributed by atoms with E-state index < -0.39 is 24.5 Å². The number of rotatable bonds is 10. The molecule has 0 rings (SSSR count). The molecule has 9 heteroatoms. The summed E-state index contributed by atoms with van der Waals surface area (Å²) >= 11 is 11.0. The lowest BCUT2D eigenvalue weighted by Crippen LogP contribution is -2.16. The van der Waals surface area contributed by atoms with Gasteiger partial charge in [-0.15, -0.1) is 23.2 Å². The number of aliphatic hydroxyl groups is 2. The number of hydrogen-bond acceptors (Lipinski definition) is 7. The molecule has 2 N–H and O–H groups in total. The van der Waals surface area contributed by atoms with Gasteiger partial charge in [-0.1, -0.05) is 11.8 Å². The molecule has 0 spiro atoms. The second-order valence-corrected chi connectivity index (χ2v) is 6.44. The molecule has 0 saturated heterocycles. The molecular formula is C20H30Cl2O7. The summed E-state index contributed by atoms with van der Waals surface area (Å²) in [6.07, 6.45) is 1.47. The molecule has 0 bridgehead atoms. The molecule has 0 fully saturated rings. The van der Waals surface area contributed by atoms with Gasteiger partial charge < -0.3 is 24.4 Å². The summed E-state index contributed by atoms with van der Waals surface area (Å²) in [5, 5.41) is 17.2. The number of aliphatic hydroxyl groups excluding tert-OH is 2. The van der Waals surface area contributed by atoms with E-state index >= 15 is 0 Å². The van der Waals surface area contributed by atoms with Crippen LogP contribution in [0.25, 0.3) is 0 Å². The van der Waals surface area contributed by atoms with Crippen molar-refractivity contribution < 1.29 is 34.0 Å². The number of unbranched alkanes of at least 4 members (excludes halogenated alkanes) is 4. The molecule has 7 nitrogen and oxygen atoms in total. The molecule has 0 aromatic rings. The highest BCUT2D eigenvalue weighted by Gasteiger charge is 2.12. The van der Waals surface area contributed by atoms with Crippen molar-refractivity contribution in [2.45, 2.75) is 64.6 Å². The van der Waals surface area contributed by atoms with Crippen LogP contribution in [0.3, 0.4) is 0 Å². The normalized spacial score (nSPS) is 11.2. The molecule has 0 aliphatic carbocycles. The van der Waals surface area contributed by atoms with E-state index in [0.717, 1.165) is 25.7 Å². The molecule has 2 atom stereocenters. The van der Waals surface area contributed by atoms with Crippen molar-refractivity contribution in [3.63, 3.8) is 0 Å². The fourth-order valence-corrected chi connectivity index (χ4v) is 1.84. The zero-order valence-electron chi connectivity index (χ0n) is 16.9. The molecule has 29 heavy (non-hydrogen) atoms. The van der Waals surface area contributed by atoms with Gasteiger partial charge in [-0.3, -0.25) is 0 Å². The molecule has 0 radical (unpaired) electrons. The smallest absolute Gasteiger partial charge is 0.434 e. The maximum absolute atomic E-state index is 11.0. The number of carbonyl (C=O) groups excluding carboxylic acids is 2. The lowest BCUT2D eigenvalue weighted by Gasteiger charge is -2.05. The number of alkyl halides is 2. The minimum atomic E-state index is -1.03. The number of halogens is 2. The molecule has 0 heterocycles. The van der Waals surface area contributed by atoms with Crippen LogP contribution in [0.15, 0.2) is 0 Å². The SMILES string of the molecule is CC(O)C#CC#CC(C)O.O=C(OCCCCCCl)OC(=O)OCCCCCCl.